The van der Waals surface area contributed by atoms with Gasteiger partial charge in [-0.15, -0.1) is 11.3 Å². The molecular formula is C27H32N6OS. The van der Waals surface area contributed by atoms with E-state index in [0.29, 0.717) is 13.0 Å². The first-order valence-corrected chi connectivity index (χ1v) is 13.4. The summed E-state index contributed by atoms with van der Waals surface area (Å²) in [5.41, 5.74) is 1.83. The minimum Gasteiger partial charge on any atom is -0.354 e. The summed E-state index contributed by atoms with van der Waals surface area (Å²) in [5.74, 6) is 2.26. The third-order valence-corrected chi connectivity index (χ3v) is 7.52. The Kier molecular flexibility index (Phi) is 7.08. The number of para-hydroxylation sites is 1. The van der Waals surface area contributed by atoms with Crippen molar-refractivity contribution in [3.05, 3.63) is 64.7 Å². The number of benzene rings is 1. The van der Waals surface area contributed by atoms with E-state index in [0.717, 1.165) is 72.1 Å². The van der Waals surface area contributed by atoms with E-state index in [4.69, 9.17) is 15.1 Å². The van der Waals surface area contributed by atoms with Crippen LogP contribution in [0.1, 0.15) is 49.7 Å². The number of aromatic nitrogens is 4. The maximum Gasteiger partial charge on any atom is 0.227 e. The second-order valence-corrected chi connectivity index (χ2v) is 10.2. The van der Waals surface area contributed by atoms with Gasteiger partial charge in [-0.2, -0.15) is 5.10 Å². The van der Waals surface area contributed by atoms with Crippen LogP contribution in [0.15, 0.2) is 54.0 Å². The quantitative estimate of drug-likeness (QED) is 0.364. The lowest BCUT2D eigenvalue weighted by atomic mass is 10.1. The van der Waals surface area contributed by atoms with E-state index in [-0.39, 0.29) is 11.8 Å². The van der Waals surface area contributed by atoms with E-state index in [1.54, 1.807) is 11.3 Å². The Hall–Kier alpha value is -3.26. The zero-order valence-electron chi connectivity index (χ0n) is 20.4. The van der Waals surface area contributed by atoms with Crippen molar-refractivity contribution in [1.82, 2.24) is 24.6 Å². The Bertz CT molecular complexity index is 1270. The molecule has 1 atom stereocenters. The number of rotatable bonds is 7. The fourth-order valence-corrected chi connectivity index (χ4v) is 5.44. The van der Waals surface area contributed by atoms with E-state index >= 15 is 0 Å². The smallest absolute Gasteiger partial charge is 0.227 e. The number of carbonyl (C=O) groups is 1. The first-order chi connectivity index (χ1) is 17.1. The highest BCUT2D eigenvalue weighted by Crippen LogP contribution is 2.29. The third kappa shape index (κ3) is 5.07. The summed E-state index contributed by atoms with van der Waals surface area (Å²) in [6.07, 6.45) is 5.40. The van der Waals surface area contributed by atoms with Gasteiger partial charge in [0.2, 0.25) is 5.91 Å². The lowest BCUT2D eigenvalue weighted by molar-refractivity contribution is -0.130. The lowest BCUT2D eigenvalue weighted by Gasteiger charge is -2.24. The van der Waals surface area contributed by atoms with Crippen LogP contribution in [0.25, 0.3) is 16.7 Å². The van der Waals surface area contributed by atoms with Crippen molar-refractivity contribution < 1.29 is 4.79 Å². The Morgan fingerprint density at radius 3 is 2.69 bits per heavy atom. The van der Waals surface area contributed by atoms with Crippen LogP contribution in [0.4, 0.5) is 5.82 Å². The van der Waals surface area contributed by atoms with E-state index < -0.39 is 0 Å². The van der Waals surface area contributed by atoms with Gasteiger partial charge in [0.25, 0.3) is 0 Å². The largest absolute Gasteiger partial charge is 0.354 e. The molecule has 0 spiro atoms. The number of carbonyl (C=O) groups excluding carboxylic acids is 1. The van der Waals surface area contributed by atoms with Gasteiger partial charge in [0.05, 0.1) is 23.7 Å². The number of fused-ring (bicyclic) bond motifs is 1. The number of hydrogen-bond acceptors (Lipinski definition) is 6. The molecule has 35 heavy (non-hydrogen) atoms. The normalized spacial score (nSPS) is 15.4. The van der Waals surface area contributed by atoms with E-state index in [1.165, 1.54) is 0 Å². The highest BCUT2D eigenvalue weighted by atomic mass is 32.1. The molecule has 1 saturated heterocycles. The zero-order valence-corrected chi connectivity index (χ0v) is 21.2. The second-order valence-electron chi connectivity index (χ2n) is 9.20. The molecule has 3 aromatic heterocycles. The molecule has 1 aliphatic heterocycles. The van der Waals surface area contributed by atoms with Crippen LogP contribution in [0.5, 0.6) is 0 Å². The zero-order chi connectivity index (χ0) is 24.2. The minimum absolute atomic E-state index is 0.205. The summed E-state index contributed by atoms with van der Waals surface area (Å²) in [5, 5.41) is 7.69. The summed E-state index contributed by atoms with van der Waals surface area (Å²) in [4.78, 5) is 28.4. The van der Waals surface area contributed by atoms with Crippen LogP contribution in [-0.2, 0) is 11.2 Å². The number of nitrogens with zero attached hydrogens (tertiary/aromatic N) is 6. The molecule has 4 aromatic rings. The second kappa shape index (κ2) is 10.6. The first kappa shape index (κ1) is 23.5. The van der Waals surface area contributed by atoms with Gasteiger partial charge in [-0.25, -0.2) is 14.6 Å². The van der Waals surface area contributed by atoms with Gasteiger partial charge < -0.3 is 9.80 Å². The fourth-order valence-electron chi connectivity index (χ4n) is 4.74. The van der Waals surface area contributed by atoms with Crippen molar-refractivity contribution in [1.29, 1.82) is 0 Å². The number of amides is 1. The topological polar surface area (TPSA) is 67.2 Å². The first-order valence-electron chi connectivity index (χ1n) is 12.5. The van der Waals surface area contributed by atoms with Crippen LogP contribution in [0.2, 0.25) is 0 Å². The molecule has 0 bridgehead atoms. The molecule has 0 saturated carbocycles. The average molecular weight is 489 g/mol. The van der Waals surface area contributed by atoms with Crippen molar-refractivity contribution in [2.24, 2.45) is 0 Å². The monoisotopic (exact) mass is 488 g/mol. The molecule has 5 rings (SSSR count). The average Bonchev–Trinajstić information content (AvgIpc) is 3.48. The van der Waals surface area contributed by atoms with Crippen molar-refractivity contribution in [2.75, 3.05) is 31.1 Å². The molecule has 4 heterocycles. The Balaban J connectivity index is 1.45. The molecule has 8 heteroatoms. The van der Waals surface area contributed by atoms with Crippen LogP contribution in [0, 0.1) is 0 Å². The molecule has 1 aromatic carbocycles. The molecule has 0 aliphatic carbocycles. The summed E-state index contributed by atoms with van der Waals surface area (Å²) < 4.78 is 1.91. The van der Waals surface area contributed by atoms with Crippen LogP contribution >= 0.6 is 11.3 Å². The molecule has 1 aliphatic rings. The Morgan fingerprint density at radius 1 is 1.06 bits per heavy atom. The van der Waals surface area contributed by atoms with Crippen LogP contribution in [-0.4, -0.2) is 56.7 Å². The Morgan fingerprint density at radius 2 is 1.91 bits per heavy atom. The lowest BCUT2D eigenvalue weighted by Crippen LogP contribution is -2.36. The van der Waals surface area contributed by atoms with Crippen LogP contribution in [0.3, 0.4) is 0 Å². The van der Waals surface area contributed by atoms with Gasteiger partial charge in [-0.3, -0.25) is 4.79 Å². The maximum atomic E-state index is 12.9. The Labute approximate surface area is 210 Å². The minimum atomic E-state index is 0.205. The highest BCUT2D eigenvalue weighted by molar-refractivity contribution is 7.10. The van der Waals surface area contributed by atoms with E-state index in [9.17, 15) is 4.79 Å². The van der Waals surface area contributed by atoms with E-state index in [2.05, 4.69) is 18.7 Å². The van der Waals surface area contributed by atoms with Crippen molar-refractivity contribution in [3.63, 3.8) is 0 Å². The molecule has 1 unspecified atom stereocenters. The predicted molar refractivity (Wildman–Crippen MR) is 141 cm³/mol. The van der Waals surface area contributed by atoms with E-state index in [1.807, 2.05) is 63.6 Å². The standard InChI is InChI=1S/C27H32N6OS/c1-3-9-20(2)25-29-26(23-19-28-33(27(23)30-25)21-10-5-4-6-11-21)32-14-8-13-31(15-16-32)24(34)18-22-12-7-17-35-22/h4-7,10-12,17,19-20H,3,8-9,13-16,18H2,1-2H3. The molecule has 1 amide bonds. The van der Waals surface area contributed by atoms with Gasteiger partial charge in [0.15, 0.2) is 5.65 Å². The molecule has 7 nitrogen and oxygen atoms in total. The molecular weight excluding hydrogens is 456 g/mol. The van der Waals surface area contributed by atoms with Gasteiger partial charge in [0.1, 0.15) is 11.6 Å². The van der Waals surface area contributed by atoms with Gasteiger partial charge in [-0.1, -0.05) is 44.5 Å². The molecule has 0 radical (unpaired) electrons. The maximum absolute atomic E-state index is 12.9. The molecule has 1 fully saturated rings. The number of hydrogen-bond donors (Lipinski definition) is 0. The van der Waals surface area contributed by atoms with Crippen molar-refractivity contribution in [3.8, 4) is 5.69 Å². The van der Waals surface area contributed by atoms with Crippen molar-refractivity contribution >= 4 is 34.1 Å². The molecule has 182 valence electrons. The summed E-state index contributed by atoms with van der Waals surface area (Å²) in [6.45, 7) is 7.47. The van der Waals surface area contributed by atoms with Gasteiger partial charge in [-0.05, 0) is 36.4 Å². The van der Waals surface area contributed by atoms with Crippen molar-refractivity contribution in [2.45, 2.75) is 45.4 Å². The summed E-state index contributed by atoms with van der Waals surface area (Å²) >= 11 is 1.64. The fraction of sp³-hybridized carbons (Fsp3) is 0.407. The molecule has 0 N–H and O–H groups in total. The summed E-state index contributed by atoms with van der Waals surface area (Å²) in [6, 6.07) is 14.2. The summed E-state index contributed by atoms with van der Waals surface area (Å²) in [7, 11) is 0. The SMILES string of the molecule is CCCC(C)c1nc(N2CCCN(C(=O)Cc3cccs3)CC2)c2cnn(-c3ccccc3)c2n1. The van der Waals surface area contributed by atoms with Gasteiger partial charge >= 0.3 is 0 Å². The number of thiophene rings is 1. The number of anilines is 1. The van der Waals surface area contributed by atoms with Gasteiger partial charge in [0, 0.05) is 37.0 Å². The van der Waals surface area contributed by atoms with Crippen LogP contribution < -0.4 is 4.90 Å². The highest BCUT2D eigenvalue weighted by Gasteiger charge is 2.24. The third-order valence-electron chi connectivity index (χ3n) is 6.64. The predicted octanol–water partition coefficient (Wildman–Crippen LogP) is 5.06.